The maximum absolute atomic E-state index is 12.6. The van der Waals surface area contributed by atoms with E-state index in [0.29, 0.717) is 28.0 Å². The van der Waals surface area contributed by atoms with Gasteiger partial charge < -0.3 is 14.8 Å². The minimum atomic E-state index is -3.82. The summed E-state index contributed by atoms with van der Waals surface area (Å²) in [6, 6.07) is 25.8. The van der Waals surface area contributed by atoms with Crippen LogP contribution in [0.4, 0.5) is 11.5 Å². The number of pyridine rings is 1. The summed E-state index contributed by atoms with van der Waals surface area (Å²) in [5, 5.41) is 12.0. The molecule has 0 atom stereocenters. The van der Waals surface area contributed by atoms with Crippen LogP contribution < -0.4 is 19.5 Å². The van der Waals surface area contributed by atoms with E-state index in [1.807, 2.05) is 48.5 Å². The third kappa shape index (κ3) is 7.68. The first-order valence-corrected chi connectivity index (χ1v) is 15.8. The molecule has 5 aromatic rings. The molecular weight excluding hydrogens is 601 g/mol. The van der Waals surface area contributed by atoms with Gasteiger partial charge in [-0.3, -0.25) is 9.52 Å². The second-order valence-electron chi connectivity index (χ2n) is 9.24. The molecule has 2 heterocycles. The third-order valence-electron chi connectivity index (χ3n) is 6.31. The van der Waals surface area contributed by atoms with Crippen LogP contribution >= 0.6 is 11.8 Å². The van der Waals surface area contributed by atoms with Crippen molar-refractivity contribution in [3.8, 4) is 34.0 Å². The number of nitrogens with zero attached hydrogens (tertiary/aromatic N) is 4. The number of nitrogens with one attached hydrogen (secondary N) is 2. The number of amides is 1. The fourth-order valence-corrected chi connectivity index (χ4v) is 5.79. The largest absolute Gasteiger partial charge is 0.497 e. The van der Waals surface area contributed by atoms with Gasteiger partial charge in [0, 0.05) is 35.2 Å². The Kier molecular flexibility index (Phi) is 9.67. The molecule has 2 aromatic heterocycles. The predicted octanol–water partition coefficient (Wildman–Crippen LogP) is 5.54. The highest BCUT2D eigenvalue weighted by Gasteiger charge is 2.17. The summed E-state index contributed by atoms with van der Waals surface area (Å²) < 4.78 is 38.2. The van der Waals surface area contributed by atoms with Gasteiger partial charge in [-0.05, 0) is 84.9 Å². The molecule has 0 bridgehead atoms. The summed E-state index contributed by atoms with van der Waals surface area (Å²) in [6.07, 6.45) is 1.67. The highest BCUT2D eigenvalue weighted by atomic mass is 32.2. The molecule has 5 rings (SSSR count). The monoisotopic (exact) mass is 628 g/mol. The second-order valence-corrected chi connectivity index (χ2v) is 12.0. The normalized spacial score (nSPS) is 11.0. The van der Waals surface area contributed by atoms with Crippen molar-refractivity contribution in [2.45, 2.75) is 16.5 Å². The Labute approximate surface area is 259 Å². The molecule has 0 radical (unpaired) electrons. The quantitative estimate of drug-likeness (QED) is 0.169. The van der Waals surface area contributed by atoms with E-state index in [4.69, 9.17) is 14.5 Å². The molecule has 44 heavy (non-hydrogen) atoms. The minimum Gasteiger partial charge on any atom is -0.497 e. The fraction of sp³-hybridized carbons (Fsp3) is 0.129. The number of methoxy groups -OCH3 is 2. The number of carbonyl (C=O) groups is 1. The Balaban J connectivity index is 1.23. The molecule has 0 aliphatic carbocycles. The van der Waals surface area contributed by atoms with Crippen molar-refractivity contribution in [1.82, 2.24) is 20.2 Å². The van der Waals surface area contributed by atoms with Crippen LogP contribution in [-0.4, -0.2) is 54.5 Å². The zero-order valence-electron chi connectivity index (χ0n) is 23.8. The van der Waals surface area contributed by atoms with E-state index < -0.39 is 10.0 Å². The van der Waals surface area contributed by atoms with E-state index in [1.54, 1.807) is 32.4 Å². The highest BCUT2D eigenvalue weighted by Crippen LogP contribution is 2.32. The van der Waals surface area contributed by atoms with E-state index in [0.717, 1.165) is 22.6 Å². The topological polar surface area (TPSA) is 145 Å². The molecule has 0 aliphatic rings. The number of benzene rings is 3. The van der Waals surface area contributed by atoms with Crippen LogP contribution in [-0.2, 0) is 14.8 Å². The van der Waals surface area contributed by atoms with E-state index >= 15 is 0 Å². The maximum atomic E-state index is 12.6. The summed E-state index contributed by atoms with van der Waals surface area (Å²) in [4.78, 5) is 21.4. The van der Waals surface area contributed by atoms with Gasteiger partial charge in [0.25, 0.3) is 10.0 Å². The van der Waals surface area contributed by atoms with Crippen molar-refractivity contribution < 1.29 is 22.7 Å². The molecule has 0 aliphatic heterocycles. The van der Waals surface area contributed by atoms with Crippen molar-refractivity contribution in [2.24, 2.45) is 0 Å². The van der Waals surface area contributed by atoms with Gasteiger partial charge in [-0.1, -0.05) is 17.8 Å². The van der Waals surface area contributed by atoms with Gasteiger partial charge in [0.1, 0.15) is 28.7 Å². The first kappa shape index (κ1) is 30.4. The highest BCUT2D eigenvalue weighted by molar-refractivity contribution is 7.99. The van der Waals surface area contributed by atoms with Crippen LogP contribution in [0.2, 0.25) is 0 Å². The molecule has 0 saturated heterocycles. The summed E-state index contributed by atoms with van der Waals surface area (Å²) in [5.74, 6) is 1.83. The van der Waals surface area contributed by atoms with Crippen LogP contribution in [0.15, 0.2) is 107 Å². The van der Waals surface area contributed by atoms with Crippen molar-refractivity contribution in [2.75, 3.05) is 30.0 Å². The van der Waals surface area contributed by atoms with E-state index in [2.05, 4.69) is 25.2 Å². The number of anilines is 2. The van der Waals surface area contributed by atoms with Crippen molar-refractivity contribution in [3.05, 3.63) is 97.2 Å². The third-order valence-corrected chi connectivity index (χ3v) is 8.52. The molecule has 1 amide bonds. The number of carbonyl (C=O) groups excluding carboxylic acids is 1. The van der Waals surface area contributed by atoms with Crippen LogP contribution in [0.5, 0.6) is 11.5 Å². The number of thioether (sulfide) groups is 1. The number of ether oxygens (including phenoxy) is 2. The Morgan fingerprint density at radius 2 is 1.43 bits per heavy atom. The Bertz CT molecular complexity index is 1820. The first-order valence-electron chi connectivity index (χ1n) is 13.3. The number of hydrogen-bond donors (Lipinski definition) is 2. The van der Waals surface area contributed by atoms with Crippen LogP contribution in [0.3, 0.4) is 0 Å². The molecule has 11 nitrogen and oxygen atoms in total. The number of hydrogen-bond acceptors (Lipinski definition) is 10. The van der Waals surface area contributed by atoms with Crippen molar-refractivity contribution in [3.63, 3.8) is 0 Å². The summed E-state index contributed by atoms with van der Waals surface area (Å²) >= 11 is 1.31. The fourth-order valence-electron chi connectivity index (χ4n) is 4.06. The standard InChI is InChI=1S/C31H28N6O5S2/c1-41-24-12-6-21(7-13-24)29-30(22-8-14-25(42-2)15-9-22)35-36-31(34-29)43-20-18-28(38)33-23-10-16-26(17-11-23)44(39,40)37-27-5-3-4-19-32-27/h3-17,19H,18,20H2,1-2H3,(H,32,37)(H,33,38). The molecule has 13 heteroatoms. The second kappa shape index (κ2) is 14.0. The van der Waals surface area contributed by atoms with Gasteiger partial charge in [-0.15, -0.1) is 10.2 Å². The summed E-state index contributed by atoms with van der Waals surface area (Å²) in [6.45, 7) is 0. The van der Waals surface area contributed by atoms with Gasteiger partial charge in [0.15, 0.2) is 0 Å². The van der Waals surface area contributed by atoms with Crippen molar-refractivity contribution in [1.29, 1.82) is 0 Å². The zero-order chi connectivity index (χ0) is 30.9. The lowest BCUT2D eigenvalue weighted by Crippen LogP contribution is -2.15. The molecule has 224 valence electrons. The van der Waals surface area contributed by atoms with E-state index in [-0.39, 0.29) is 23.0 Å². The van der Waals surface area contributed by atoms with E-state index in [9.17, 15) is 13.2 Å². The predicted molar refractivity (Wildman–Crippen MR) is 169 cm³/mol. The average molecular weight is 629 g/mol. The lowest BCUT2D eigenvalue weighted by Gasteiger charge is -2.11. The average Bonchev–Trinajstić information content (AvgIpc) is 3.05. The maximum Gasteiger partial charge on any atom is 0.263 e. The molecule has 0 fully saturated rings. The molecule has 2 N–H and O–H groups in total. The van der Waals surface area contributed by atoms with Gasteiger partial charge in [-0.2, -0.15) is 0 Å². The lowest BCUT2D eigenvalue weighted by atomic mass is 10.0. The van der Waals surface area contributed by atoms with Crippen LogP contribution in [0.25, 0.3) is 22.5 Å². The van der Waals surface area contributed by atoms with E-state index in [1.165, 1.54) is 42.2 Å². The smallest absolute Gasteiger partial charge is 0.263 e. The summed E-state index contributed by atoms with van der Waals surface area (Å²) in [7, 11) is -0.598. The molecule has 0 spiro atoms. The molecule has 0 saturated carbocycles. The first-order chi connectivity index (χ1) is 21.3. The number of sulfonamides is 1. The van der Waals surface area contributed by atoms with Crippen molar-refractivity contribution >= 4 is 39.2 Å². The summed E-state index contributed by atoms with van der Waals surface area (Å²) in [5.41, 5.74) is 3.40. The Morgan fingerprint density at radius 3 is 2.02 bits per heavy atom. The van der Waals surface area contributed by atoms with Gasteiger partial charge in [0.2, 0.25) is 11.1 Å². The zero-order valence-corrected chi connectivity index (χ0v) is 25.4. The molecule has 0 unspecified atom stereocenters. The number of rotatable bonds is 12. The molecular formula is C31H28N6O5S2. The van der Waals surface area contributed by atoms with Crippen LogP contribution in [0, 0.1) is 0 Å². The van der Waals surface area contributed by atoms with Gasteiger partial charge >= 0.3 is 0 Å². The van der Waals surface area contributed by atoms with Gasteiger partial charge in [0.05, 0.1) is 19.1 Å². The molecule has 3 aromatic carbocycles. The number of aromatic nitrogens is 4. The minimum absolute atomic E-state index is 0.0482. The Hall–Kier alpha value is -5.01. The van der Waals surface area contributed by atoms with Crippen LogP contribution in [0.1, 0.15) is 6.42 Å². The van der Waals surface area contributed by atoms with Gasteiger partial charge in [-0.25, -0.2) is 18.4 Å². The lowest BCUT2D eigenvalue weighted by molar-refractivity contribution is -0.115. The SMILES string of the molecule is COc1ccc(-c2nnc(SCCC(=O)Nc3ccc(S(=O)(=O)Nc4ccccn4)cc3)nc2-c2ccc(OC)cc2)cc1. The Morgan fingerprint density at radius 1 is 0.795 bits per heavy atom.